The number of rotatable bonds is 4. The molecule has 0 unspecified atom stereocenters. The fourth-order valence-electron chi connectivity index (χ4n) is 3.34. The minimum Gasteiger partial charge on any atom is -0.309 e. The van der Waals surface area contributed by atoms with Crippen molar-refractivity contribution >= 4 is 43.9 Å². The highest BCUT2D eigenvalue weighted by Gasteiger charge is 2.31. The van der Waals surface area contributed by atoms with Gasteiger partial charge in [-0.3, -0.25) is 9.69 Å². The van der Waals surface area contributed by atoms with E-state index in [4.69, 9.17) is 11.6 Å². The van der Waals surface area contributed by atoms with Crippen LogP contribution >= 0.6 is 22.9 Å². The zero-order chi connectivity index (χ0) is 22.4. The van der Waals surface area contributed by atoms with Crippen molar-refractivity contribution in [1.29, 1.82) is 0 Å². The molecule has 1 N–H and O–H groups in total. The van der Waals surface area contributed by atoms with E-state index in [1.165, 1.54) is 16.4 Å². The van der Waals surface area contributed by atoms with Gasteiger partial charge >= 0.3 is 6.18 Å². The number of H-pyrrole nitrogens is 1. The summed E-state index contributed by atoms with van der Waals surface area (Å²) >= 11 is 6.83. The Morgan fingerprint density at radius 3 is 2.45 bits per heavy atom. The molecule has 1 aliphatic heterocycles. The van der Waals surface area contributed by atoms with Gasteiger partial charge in [-0.2, -0.15) is 17.5 Å². The third kappa shape index (κ3) is 4.62. The molecule has 0 spiro atoms. The van der Waals surface area contributed by atoms with Gasteiger partial charge in [0, 0.05) is 26.2 Å². The number of nitrogens with zero attached hydrogens (tertiary/aromatic N) is 3. The maximum atomic E-state index is 13.0. The Labute approximate surface area is 184 Å². The smallest absolute Gasteiger partial charge is 0.309 e. The molecule has 1 saturated heterocycles. The summed E-state index contributed by atoms with van der Waals surface area (Å²) in [5, 5.41) is 0.0715. The minimum absolute atomic E-state index is 0.0376. The Kier molecular flexibility index (Phi) is 5.85. The van der Waals surface area contributed by atoms with Gasteiger partial charge in [0.15, 0.2) is 0 Å². The number of alkyl halides is 3. The quantitative estimate of drug-likeness (QED) is 0.604. The van der Waals surface area contributed by atoms with E-state index in [1.54, 1.807) is 0 Å². The summed E-state index contributed by atoms with van der Waals surface area (Å²) in [7, 11) is -3.63. The third-order valence-electron chi connectivity index (χ3n) is 4.93. The largest absolute Gasteiger partial charge is 0.416 e. The second-order valence-corrected chi connectivity index (χ2v) is 10.9. The van der Waals surface area contributed by atoms with E-state index in [0.717, 1.165) is 29.5 Å². The van der Waals surface area contributed by atoms with Gasteiger partial charge in [-0.1, -0.05) is 11.6 Å². The third-order valence-corrected chi connectivity index (χ3v) is 8.53. The van der Waals surface area contributed by atoms with Gasteiger partial charge in [0.1, 0.15) is 10.0 Å². The van der Waals surface area contributed by atoms with E-state index in [-0.39, 0.29) is 40.6 Å². The van der Waals surface area contributed by atoms with Crippen molar-refractivity contribution < 1.29 is 21.6 Å². The summed E-state index contributed by atoms with van der Waals surface area (Å²) in [6.45, 7) is 1.40. The van der Waals surface area contributed by atoms with Crippen LogP contribution in [-0.4, -0.2) is 53.8 Å². The second kappa shape index (κ2) is 8.17. The second-order valence-electron chi connectivity index (χ2n) is 6.98. The molecule has 1 fully saturated rings. The molecule has 13 heteroatoms. The molecule has 31 heavy (non-hydrogen) atoms. The number of halogens is 4. The minimum atomic E-state index is -4.53. The molecule has 0 aliphatic carbocycles. The number of sulfonamides is 1. The Bertz CT molecular complexity index is 1280. The highest BCUT2D eigenvalue weighted by Crippen LogP contribution is 2.31. The van der Waals surface area contributed by atoms with E-state index < -0.39 is 27.3 Å². The summed E-state index contributed by atoms with van der Waals surface area (Å²) in [6, 6.07) is 5.80. The number of aromatic amines is 1. The molecule has 7 nitrogen and oxygen atoms in total. The number of piperazine rings is 1. The number of hydrogen-bond acceptors (Lipinski definition) is 6. The molecule has 166 valence electrons. The van der Waals surface area contributed by atoms with Crippen LogP contribution in [0.15, 0.2) is 39.3 Å². The van der Waals surface area contributed by atoms with Crippen molar-refractivity contribution in [2.75, 3.05) is 26.2 Å². The number of hydrogen-bond donors (Lipinski definition) is 1. The van der Waals surface area contributed by atoms with Gasteiger partial charge in [-0.05, 0) is 30.3 Å². The predicted molar refractivity (Wildman–Crippen MR) is 111 cm³/mol. The molecular weight excluding hydrogens is 477 g/mol. The Hall–Kier alpha value is -1.99. The van der Waals surface area contributed by atoms with Crippen molar-refractivity contribution in [2.24, 2.45) is 0 Å². The summed E-state index contributed by atoms with van der Waals surface area (Å²) in [5.41, 5.74) is -1.44. The zero-order valence-electron chi connectivity index (χ0n) is 15.8. The lowest BCUT2D eigenvalue weighted by Gasteiger charge is -2.33. The number of aromatic nitrogens is 2. The monoisotopic (exact) mass is 492 g/mol. The highest BCUT2D eigenvalue weighted by molar-refractivity contribution is 7.91. The van der Waals surface area contributed by atoms with Gasteiger partial charge in [0.05, 0.1) is 27.3 Å². The van der Waals surface area contributed by atoms with Crippen LogP contribution in [0.25, 0.3) is 10.9 Å². The Morgan fingerprint density at radius 1 is 1.13 bits per heavy atom. The summed E-state index contributed by atoms with van der Waals surface area (Å²) in [4.78, 5) is 20.9. The van der Waals surface area contributed by atoms with Crippen LogP contribution in [-0.2, 0) is 22.7 Å². The zero-order valence-corrected chi connectivity index (χ0v) is 18.2. The number of fused-ring (bicyclic) bond motifs is 1. The average Bonchev–Trinajstić information content (AvgIpc) is 3.14. The average molecular weight is 493 g/mol. The lowest BCUT2D eigenvalue weighted by molar-refractivity contribution is -0.137. The van der Waals surface area contributed by atoms with Gasteiger partial charge in [0.2, 0.25) is 0 Å². The standard InChI is InChI=1S/C18H16ClF3N4O3S2/c19-14-3-4-16(30-14)31(28,29)26-7-5-25(6-8-26)10-15-23-13-9-11(18(20,21)22)1-2-12(13)17(27)24-15/h1-4,9H,5-8,10H2,(H,23,24,27). The van der Waals surface area contributed by atoms with Crippen LogP contribution in [0.1, 0.15) is 11.4 Å². The van der Waals surface area contributed by atoms with Gasteiger partial charge in [0.25, 0.3) is 15.6 Å². The molecule has 1 aromatic carbocycles. The molecule has 0 amide bonds. The van der Waals surface area contributed by atoms with Crippen LogP contribution < -0.4 is 5.56 Å². The summed E-state index contributed by atoms with van der Waals surface area (Å²) in [5.74, 6) is 0.221. The van der Waals surface area contributed by atoms with E-state index in [0.29, 0.717) is 17.4 Å². The normalized spacial score (nSPS) is 16.8. The molecular formula is C18H16ClF3N4O3S2. The van der Waals surface area contributed by atoms with E-state index in [2.05, 4.69) is 9.97 Å². The molecule has 0 bridgehead atoms. The molecule has 3 aromatic rings. The molecule has 0 saturated carbocycles. The molecule has 2 aromatic heterocycles. The molecule has 1 aliphatic rings. The van der Waals surface area contributed by atoms with Crippen molar-refractivity contribution in [1.82, 2.24) is 19.2 Å². The van der Waals surface area contributed by atoms with Crippen LogP contribution in [0, 0.1) is 0 Å². The molecule has 0 atom stereocenters. The maximum Gasteiger partial charge on any atom is 0.416 e. The predicted octanol–water partition coefficient (Wildman–Crippen LogP) is 3.16. The van der Waals surface area contributed by atoms with E-state index in [1.807, 2.05) is 4.90 Å². The van der Waals surface area contributed by atoms with Crippen LogP contribution in [0.4, 0.5) is 13.2 Å². The van der Waals surface area contributed by atoms with Crippen molar-refractivity contribution in [2.45, 2.75) is 16.9 Å². The van der Waals surface area contributed by atoms with Gasteiger partial charge < -0.3 is 4.98 Å². The Balaban J connectivity index is 1.48. The van der Waals surface area contributed by atoms with Crippen LogP contribution in [0.2, 0.25) is 4.34 Å². The van der Waals surface area contributed by atoms with Gasteiger partial charge in [-0.25, -0.2) is 13.4 Å². The summed E-state index contributed by atoms with van der Waals surface area (Å²) in [6.07, 6.45) is -4.53. The van der Waals surface area contributed by atoms with Crippen molar-refractivity contribution in [3.63, 3.8) is 0 Å². The van der Waals surface area contributed by atoms with E-state index in [9.17, 15) is 26.4 Å². The van der Waals surface area contributed by atoms with Gasteiger partial charge in [-0.15, -0.1) is 11.3 Å². The first-order valence-electron chi connectivity index (χ1n) is 9.12. The summed E-state index contributed by atoms with van der Waals surface area (Å²) < 4.78 is 66.2. The number of benzene rings is 1. The Morgan fingerprint density at radius 2 is 1.84 bits per heavy atom. The first kappa shape index (κ1) is 22.2. The molecule has 4 rings (SSSR count). The fraction of sp³-hybridized carbons (Fsp3) is 0.333. The van der Waals surface area contributed by atoms with Crippen molar-refractivity contribution in [3.05, 3.63) is 56.4 Å². The van der Waals surface area contributed by atoms with Crippen LogP contribution in [0.3, 0.4) is 0 Å². The lowest BCUT2D eigenvalue weighted by Crippen LogP contribution is -2.48. The van der Waals surface area contributed by atoms with Crippen molar-refractivity contribution in [3.8, 4) is 0 Å². The number of nitrogens with one attached hydrogen (secondary N) is 1. The van der Waals surface area contributed by atoms with Crippen LogP contribution in [0.5, 0.6) is 0 Å². The first-order valence-corrected chi connectivity index (χ1v) is 11.8. The molecule has 0 radical (unpaired) electrons. The fourth-order valence-corrected chi connectivity index (χ4v) is 6.40. The number of thiophene rings is 1. The lowest BCUT2D eigenvalue weighted by atomic mass is 10.1. The maximum absolute atomic E-state index is 13.0. The first-order chi connectivity index (χ1) is 14.5. The highest BCUT2D eigenvalue weighted by atomic mass is 35.5. The molecule has 3 heterocycles. The topological polar surface area (TPSA) is 86.4 Å². The van der Waals surface area contributed by atoms with E-state index >= 15 is 0 Å². The SMILES string of the molecule is O=c1[nH]c(CN2CCN(S(=O)(=O)c3ccc(Cl)s3)CC2)nc2cc(C(F)(F)F)ccc12.